The van der Waals surface area contributed by atoms with E-state index in [-0.39, 0.29) is 0 Å². The molecule has 0 amide bonds. The Morgan fingerprint density at radius 2 is 1.72 bits per heavy atom. The van der Waals surface area contributed by atoms with Crippen LogP contribution in [0.4, 0.5) is 5.82 Å². The molecule has 0 saturated heterocycles. The predicted octanol–water partition coefficient (Wildman–Crippen LogP) is 2.08. The van der Waals surface area contributed by atoms with Gasteiger partial charge in [-0.15, -0.1) is 0 Å². The molecule has 0 saturated carbocycles. The van der Waals surface area contributed by atoms with Gasteiger partial charge in [-0.3, -0.25) is 4.55 Å². The topological polar surface area (TPSA) is 79.3 Å². The van der Waals surface area contributed by atoms with Crippen molar-refractivity contribution in [3.8, 4) is 0 Å². The van der Waals surface area contributed by atoms with Crippen LogP contribution in [0.25, 0.3) is 0 Å². The Morgan fingerprint density at radius 3 is 2.28 bits per heavy atom. The average Bonchev–Trinajstić information content (AvgIpc) is 2.37. The van der Waals surface area contributed by atoms with Gasteiger partial charge >= 0.3 is 0 Å². The molecule has 18 heavy (non-hydrogen) atoms. The van der Waals surface area contributed by atoms with Crippen molar-refractivity contribution >= 4 is 15.9 Å². The van der Waals surface area contributed by atoms with Gasteiger partial charge in [0.05, 0.1) is 0 Å². The number of anilines is 1. The number of hydrogen-bond donors (Lipinski definition) is 2. The number of rotatable bonds is 4. The lowest BCUT2D eigenvalue weighted by molar-refractivity contribution is 0.473. The second-order valence-electron chi connectivity index (χ2n) is 3.67. The quantitative estimate of drug-likeness (QED) is 0.826. The highest BCUT2D eigenvalue weighted by atomic mass is 32.2. The van der Waals surface area contributed by atoms with Crippen LogP contribution in [-0.4, -0.2) is 18.0 Å². The molecule has 2 rings (SSSR count). The summed E-state index contributed by atoms with van der Waals surface area (Å²) < 4.78 is 32.1. The average molecular weight is 264 g/mol. The molecule has 0 radical (unpaired) electrons. The van der Waals surface area contributed by atoms with E-state index in [1.807, 2.05) is 0 Å². The first-order valence-corrected chi connectivity index (χ1v) is 6.76. The van der Waals surface area contributed by atoms with Crippen LogP contribution in [0.3, 0.4) is 0 Å². The molecular weight excluding hydrogens is 252 g/mol. The lowest BCUT2D eigenvalue weighted by Crippen LogP contribution is -2.21. The molecule has 0 fully saturated rings. The summed E-state index contributed by atoms with van der Waals surface area (Å²) in [5.74, 6) is 0.379. The molecule has 2 aromatic rings. The number of aromatic nitrogens is 1. The lowest BCUT2D eigenvalue weighted by atomic mass is 10.2. The normalized spacial score (nSPS) is 12.9. The molecule has 0 bridgehead atoms. The molecule has 0 aliphatic rings. The summed E-state index contributed by atoms with van der Waals surface area (Å²) >= 11 is 0. The van der Waals surface area contributed by atoms with E-state index >= 15 is 0 Å². The second kappa shape index (κ2) is 5.16. The van der Waals surface area contributed by atoms with Crippen molar-refractivity contribution in [3.63, 3.8) is 0 Å². The summed E-state index contributed by atoms with van der Waals surface area (Å²) in [6.07, 6.45) is 1.54. The largest absolute Gasteiger partial charge is 0.348 e. The van der Waals surface area contributed by atoms with Gasteiger partial charge in [-0.2, -0.15) is 8.42 Å². The van der Waals surface area contributed by atoms with Crippen LogP contribution >= 0.6 is 0 Å². The standard InChI is InChI=1S/C12H12N2O3S/c15-18(16,17)12(10-6-2-1-3-7-10)14-11-8-4-5-9-13-11/h1-9,12H,(H,13,14)(H,15,16,17)/t12-/m1/s1. The first kappa shape index (κ1) is 12.5. The first-order valence-electron chi connectivity index (χ1n) is 5.26. The van der Waals surface area contributed by atoms with Crippen LogP contribution < -0.4 is 5.32 Å². The van der Waals surface area contributed by atoms with Crippen LogP contribution in [0.2, 0.25) is 0 Å². The summed E-state index contributed by atoms with van der Waals surface area (Å²) in [6, 6.07) is 13.5. The maximum atomic E-state index is 11.4. The minimum absolute atomic E-state index is 0.379. The number of pyridine rings is 1. The second-order valence-corrected chi connectivity index (χ2v) is 5.17. The molecular formula is C12H12N2O3S. The van der Waals surface area contributed by atoms with Gasteiger partial charge < -0.3 is 5.32 Å². The summed E-state index contributed by atoms with van der Waals surface area (Å²) in [6.45, 7) is 0. The van der Waals surface area contributed by atoms with Crippen LogP contribution in [0, 0.1) is 0 Å². The summed E-state index contributed by atoms with van der Waals surface area (Å²) in [7, 11) is -4.27. The van der Waals surface area contributed by atoms with E-state index in [0.29, 0.717) is 11.4 Å². The smallest absolute Gasteiger partial charge is 0.290 e. The number of hydrogen-bond acceptors (Lipinski definition) is 4. The van der Waals surface area contributed by atoms with E-state index in [9.17, 15) is 13.0 Å². The molecule has 0 aliphatic carbocycles. The van der Waals surface area contributed by atoms with Gasteiger partial charge in [-0.1, -0.05) is 36.4 Å². The minimum Gasteiger partial charge on any atom is -0.348 e. The number of benzene rings is 1. The van der Waals surface area contributed by atoms with E-state index in [1.54, 1.807) is 48.5 Å². The third-order valence-corrected chi connectivity index (χ3v) is 3.33. The monoisotopic (exact) mass is 264 g/mol. The molecule has 1 heterocycles. The fourth-order valence-corrected chi connectivity index (χ4v) is 2.31. The van der Waals surface area contributed by atoms with Crippen LogP contribution in [0.5, 0.6) is 0 Å². The van der Waals surface area contributed by atoms with E-state index in [1.165, 1.54) is 6.20 Å². The van der Waals surface area contributed by atoms with Gasteiger partial charge in [0, 0.05) is 6.20 Å². The van der Waals surface area contributed by atoms with Crippen molar-refractivity contribution in [2.45, 2.75) is 5.37 Å². The molecule has 0 spiro atoms. The van der Waals surface area contributed by atoms with Crippen LogP contribution in [-0.2, 0) is 10.1 Å². The maximum absolute atomic E-state index is 11.4. The van der Waals surface area contributed by atoms with E-state index in [4.69, 9.17) is 0 Å². The van der Waals surface area contributed by atoms with Gasteiger partial charge in [-0.05, 0) is 17.7 Å². The van der Waals surface area contributed by atoms with Crippen molar-refractivity contribution in [1.29, 1.82) is 0 Å². The highest BCUT2D eigenvalue weighted by Gasteiger charge is 2.24. The zero-order valence-electron chi connectivity index (χ0n) is 9.39. The molecule has 6 heteroatoms. The van der Waals surface area contributed by atoms with E-state index < -0.39 is 15.5 Å². The Kier molecular flexibility index (Phi) is 3.59. The van der Waals surface area contributed by atoms with Gasteiger partial charge in [0.25, 0.3) is 10.1 Å². The Labute approximate surface area is 105 Å². The minimum atomic E-state index is -4.27. The highest BCUT2D eigenvalue weighted by Crippen LogP contribution is 2.22. The van der Waals surface area contributed by atoms with Crippen LogP contribution in [0.15, 0.2) is 54.7 Å². The third kappa shape index (κ3) is 3.06. The van der Waals surface area contributed by atoms with Crippen molar-refractivity contribution in [1.82, 2.24) is 4.98 Å². The van der Waals surface area contributed by atoms with E-state index in [2.05, 4.69) is 10.3 Å². The first-order chi connectivity index (χ1) is 8.57. The molecule has 1 atom stereocenters. The zero-order chi connectivity index (χ0) is 13.0. The SMILES string of the molecule is O=S(=O)(O)[C@@H](Nc1ccccn1)c1ccccc1. The van der Waals surface area contributed by atoms with Gasteiger partial charge in [0.2, 0.25) is 0 Å². The zero-order valence-corrected chi connectivity index (χ0v) is 10.2. The predicted molar refractivity (Wildman–Crippen MR) is 68.6 cm³/mol. The van der Waals surface area contributed by atoms with Crippen molar-refractivity contribution in [2.24, 2.45) is 0 Å². The van der Waals surface area contributed by atoms with E-state index in [0.717, 1.165) is 0 Å². The summed E-state index contributed by atoms with van der Waals surface area (Å²) in [5, 5.41) is 1.46. The van der Waals surface area contributed by atoms with Crippen molar-refractivity contribution < 1.29 is 13.0 Å². The fraction of sp³-hybridized carbons (Fsp3) is 0.0833. The summed E-state index contributed by atoms with van der Waals surface area (Å²) in [4.78, 5) is 3.97. The molecule has 2 N–H and O–H groups in total. The Morgan fingerprint density at radius 1 is 1.06 bits per heavy atom. The molecule has 0 unspecified atom stereocenters. The highest BCUT2D eigenvalue weighted by molar-refractivity contribution is 7.86. The molecule has 94 valence electrons. The van der Waals surface area contributed by atoms with Crippen molar-refractivity contribution in [3.05, 3.63) is 60.3 Å². The summed E-state index contributed by atoms with van der Waals surface area (Å²) in [5.41, 5.74) is 0.450. The third-order valence-electron chi connectivity index (χ3n) is 2.34. The fourth-order valence-electron chi connectivity index (χ4n) is 1.54. The number of nitrogens with zero attached hydrogens (tertiary/aromatic N) is 1. The Balaban J connectivity index is 2.34. The van der Waals surface area contributed by atoms with Gasteiger partial charge in [-0.25, -0.2) is 4.98 Å². The van der Waals surface area contributed by atoms with Crippen LogP contribution in [0.1, 0.15) is 10.9 Å². The number of nitrogens with one attached hydrogen (secondary N) is 1. The Bertz CT molecular complexity index is 600. The van der Waals surface area contributed by atoms with Crippen molar-refractivity contribution in [2.75, 3.05) is 5.32 Å². The lowest BCUT2D eigenvalue weighted by Gasteiger charge is -2.16. The molecule has 1 aromatic carbocycles. The van der Waals surface area contributed by atoms with Gasteiger partial charge in [0.15, 0.2) is 5.37 Å². The van der Waals surface area contributed by atoms with Gasteiger partial charge in [0.1, 0.15) is 5.82 Å². The maximum Gasteiger partial charge on any atom is 0.290 e. The molecule has 0 aliphatic heterocycles. The Hall–Kier alpha value is -1.92. The molecule has 1 aromatic heterocycles. The molecule has 5 nitrogen and oxygen atoms in total.